The van der Waals surface area contributed by atoms with Gasteiger partial charge in [0.15, 0.2) is 0 Å². The van der Waals surface area contributed by atoms with E-state index >= 15 is 0 Å². The summed E-state index contributed by atoms with van der Waals surface area (Å²) in [6.07, 6.45) is 5.36. The highest BCUT2D eigenvalue weighted by molar-refractivity contribution is 5.55. The number of nitrogens with one attached hydrogen (secondary N) is 1. The first-order chi connectivity index (χ1) is 8.33. The molecule has 94 valence electrons. The summed E-state index contributed by atoms with van der Waals surface area (Å²) in [5, 5.41) is 3.21. The number of hydrogen-bond donors (Lipinski definition) is 1. The van der Waals surface area contributed by atoms with E-state index in [4.69, 9.17) is 0 Å². The second kappa shape index (κ2) is 6.06. The highest BCUT2D eigenvalue weighted by Gasteiger charge is 2.22. The molecule has 0 aliphatic heterocycles. The van der Waals surface area contributed by atoms with Crippen LogP contribution in [-0.2, 0) is 0 Å². The molecule has 0 bridgehead atoms. The lowest BCUT2D eigenvalue weighted by molar-refractivity contribution is 0.420. The molecule has 0 saturated heterocycles. The standard InChI is InChI=1S/C15H24N2/c1-16-11-6-12-17(2)15-10-4-3-9-14(15)13-7-5-8-13/h3-4,9-10,13,16H,5-8,11-12H2,1-2H3. The van der Waals surface area contributed by atoms with Crippen LogP contribution in [0.3, 0.4) is 0 Å². The second-order valence-electron chi connectivity index (χ2n) is 5.07. The van der Waals surface area contributed by atoms with Crippen molar-refractivity contribution >= 4 is 5.69 Å². The zero-order chi connectivity index (χ0) is 12.1. The molecule has 1 saturated carbocycles. The Morgan fingerprint density at radius 1 is 1.29 bits per heavy atom. The lowest BCUT2D eigenvalue weighted by Crippen LogP contribution is -2.24. The molecule has 2 nitrogen and oxygen atoms in total. The van der Waals surface area contributed by atoms with E-state index in [2.05, 4.69) is 41.5 Å². The van der Waals surface area contributed by atoms with Crippen molar-refractivity contribution in [2.24, 2.45) is 0 Å². The monoisotopic (exact) mass is 232 g/mol. The maximum Gasteiger partial charge on any atom is 0.0399 e. The van der Waals surface area contributed by atoms with Gasteiger partial charge in [-0.2, -0.15) is 0 Å². The van der Waals surface area contributed by atoms with E-state index < -0.39 is 0 Å². The summed E-state index contributed by atoms with van der Waals surface area (Å²) in [5.74, 6) is 0.818. The minimum absolute atomic E-state index is 0.818. The van der Waals surface area contributed by atoms with Crippen LogP contribution in [0.15, 0.2) is 24.3 Å². The van der Waals surface area contributed by atoms with Crippen molar-refractivity contribution < 1.29 is 0 Å². The number of para-hydroxylation sites is 1. The van der Waals surface area contributed by atoms with Crippen molar-refractivity contribution in [3.8, 4) is 0 Å². The fourth-order valence-electron chi connectivity index (χ4n) is 2.51. The van der Waals surface area contributed by atoms with E-state index in [1.807, 2.05) is 7.05 Å². The molecule has 1 aliphatic rings. The highest BCUT2D eigenvalue weighted by atomic mass is 15.1. The van der Waals surface area contributed by atoms with E-state index in [0.29, 0.717) is 0 Å². The van der Waals surface area contributed by atoms with Crippen molar-refractivity contribution in [3.63, 3.8) is 0 Å². The van der Waals surface area contributed by atoms with Crippen molar-refractivity contribution in [1.82, 2.24) is 5.32 Å². The number of hydrogen-bond acceptors (Lipinski definition) is 2. The van der Waals surface area contributed by atoms with E-state index in [1.165, 1.54) is 31.4 Å². The minimum atomic E-state index is 0.818. The van der Waals surface area contributed by atoms with E-state index in [-0.39, 0.29) is 0 Å². The summed E-state index contributed by atoms with van der Waals surface area (Å²) in [6.45, 7) is 2.22. The van der Waals surface area contributed by atoms with Gasteiger partial charge in [0.05, 0.1) is 0 Å². The second-order valence-corrected chi connectivity index (χ2v) is 5.07. The molecule has 1 aromatic rings. The Labute approximate surface area is 105 Å². The molecule has 1 aromatic carbocycles. The van der Waals surface area contributed by atoms with Crippen LogP contribution in [0.1, 0.15) is 37.2 Å². The molecular formula is C15H24N2. The van der Waals surface area contributed by atoms with Gasteiger partial charge in [-0.1, -0.05) is 24.6 Å². The molecule has 0 spiro atoms. The van der Waals surface area contributed by atoms with Crippen molar-refractivity contribution in [1.29, 1.82) is 0 Å². The minimum Gasteiger partial charge on any atom is -0.374 e. The molecule has 0 unspecified atom stereocenters. The number of anilines is 1. The lowest BCUT2D eigenvalue weighted by atomic mass is 9.79. The normalized spacial score (nSPS) is 15.6. The molecule has 1 N–H and O–H groups in total. The molecule has 0 aromatic heterocycles. The fraction of sp³-hybridized carbons (Fsp3) is 0.600. The van der Waals surface area contributed by atoms with Gasteiger partial charge in [0.1, 0.15) is 0 Å². The van der Waals surface area contributed by atoms with E-state index in [1.54, 1.807) is 5.56 Å². The molecule has 1 fully saturated rings. The Hall–Kier alpha value is -1.02. The Morgan fingerprint density at radius 3 is 2.71 bits per heavy atom. The largest absolute Gasteiger partial charge is 0.374 e. The van der Waals surface area contributed by atoms with Crippen molar-refractivity contribution in [2.75, 3.05) is 32.1 Å². The first-order valence-electron chi connectivity index (χ1n) is 6.77. The number of rotatable bonds is 6. The van der Waals surface area contributed by atoms with Gasteiger partial charge in [0.2, 0.25) is 0 Å². The van der Waals surface area contributed by atoms with Crippen LogP contribution in [0.25, 0.3) is 0 Å². The average molecular weight is 232 g/mol. The summed E-state index contributed by atoms with van der Waals surface area (Å²) in [6, 6.07) is 8.92. The zero-order valence-corrected chi connectivity index (χ0v) is 11.1. The van der Waals surface area contributed by atoms with Crippen LogP contribution >= 0.6 is 0 Å². The maximum atomic E-state index is 3.21. The summed E-state index contributed by atoms with van der Waals surface area (Å²) in [4.78, 5) is 2.41. The van der Waals surface area contributed by atoms with Gasteiger partial charge in [0.25, 0.3) is 0 Å². The molecule has 0 radical (unpaired) electrons. The van der Waals surface area contributed by atoms with E-state index in [9.17, 15) is 0 Å². The van der Waals surface area contributed by atoms with Gasteiger partial charge < -0.3 is 10.2 Å². The van der Waals surface area contributed by atoms with Gasteiger partial charge in [0, 0.05) is 19.3 Å². The lowest BCUT2D eigenvalue weighted by Gasteiger charge is -2.31. The fourth-order valence-corrected chi connectivity index (χ4v) is 2.51. The third kappa shape index (κ3) is 3.01. The molecule has 2 rings (SSSR count). The highest BCUT2D eigenvalue weighted by Crippen LogP contribution is 2.40. The summed E-state index contributed by atoms with van der Waals surface area (Å²) in [5.41, 5.74) is 3.00. The van der Waals surface area contributed by atoms with Crippen molar-refractivity contribution in [2.45, 2.75) is 31.6 Å². The summed E-state index contributed by atoms with van der Waals surface area (Å²) >= 11 is 0. The maximum absolute atomic E-state index is 3.21. The third-order valence-electron chi connectivity index (χ3n) is 3.81. The Kier molecular flexibility index (Phi) is 4.43. The van der Waals surface area contributed by atoms with Gasteiger partial charge >= 0.3 is 0 Å². The van der Waals surface area contributed by atoms with E-state index in [0.717, 1.165) is 19.0 Å². The molecule has 0 heterocycles. The molecule has 17 heavy (non-hydrogen) atoms. The molecule has 0 atom stereocenters. The number of benzene rings is 1. The Morgan fingerprint density at radius 2 is 2.06 bits per heavy atom. The number of nitrogens with zero attached hydrogens (tertiary/aromatic N) is 1. The van der Waals surface area contributed by atoms with Crippen LogP contribution < -0.4 is 10.2 Å². The van der Waals surface area contributed by atoms with Crippen LogP contribution in [0.5, 0.6) is 0 Å². The molecule has 1 aliphatic carbocycles. The van der Waals surface area contributed by atoms with Crippen LogP contribution in [0, 0.1) is 0 Å². The predicted octanol–water partition coefficient (Wildman–Crippen LogP) is 3.00. The Bertz CT molecular complexity index is 345. The molecular weight excluding hydrogens is 208 g/mol. The van der Waals surface area contributed by atoms with Gasteiger partial charge in [-0.25, -0.2) is 0 Å². The van der Waals surface area contributed by atoms with Gasteiger partial charge in [-0.15, -0.1) is 0 Å². The molecule has 2 heteroatoms. The smallest absolute Gasteiger partial charge is 0.0399 e. The quantitative estimate of drug-likeness (QED) is 0.759. The van der Waals surface area contributed by atoms with Gasteiger partial charge in [-0.05, 0) is 50.4 Å². The predicted molar refractivity (Wildman–Crippen MR) is 74.8 cm³/mol. The zero-order valence-electron chi connectivity index (χ0n) is 11.1. The van der Waals surface area contributed by atoms with Crippen LogP contribution in [0.2, 0.25) is 0 Å². The first kappa shape index (κ1) is 12.4. The van der Waals surface area contributed by atoms with Crippen LogP contribution in [-0.4, -0.2) is 27.2 Å². The summed E-state index contributed by atoms with van der Waals surface area (Å²) in [7, 11) is 4.23. The third-order valence-corrected chi connectivity index (χ3v) is 3.81. The topological polar surface area (TPSA) is 15.3 Å². The average Bonchev–Trinajstić information content (AvgIpc) is 2.28. The molecule has 0 amide bonds. The van der Waals surface area contributed by atoms with Crippen LogP contribution in [0.4, 0.5) is 5.69 Å². The SMILES string of the molecule is CNCCCN(C)c1ccccc1C1CCC1. The Balaban J connectivity index is 2.02. The van der Waals surface area contributed by atoms with Gasteiger partial charge in [-0.3, -0.25) is 0 Å². The summed E-state index contributed by atoms with van der Waals surface area (Å²) < 4.78 is 0. The first-order valence-corrected chi connectivity index (χ1v) is 6.77. The van der Waals surface area contributed by atoms with Crippen molar-refractivity contribution in [3.05, 3.63) is 29.8 Å².